The Bertz CT molecular complexity index is 2380. The lowest BCUT2D eigenvalue weighted by Gasteiger charge is -2.33. The summed E-state index contributed by atoms with van der Waals surface area (Å²) >= 11 is 0. The van der Waals surface area contributed by atoms with Crippen molar-refractivity contribution in [2.75, 3.05) is 9.80 Å². The molecular formula is C45H29N5O2. The lowest BCUT2D eigenvalue weighted by molar-refractivity contribution is 0.477. The molecule has 10 rings (SSSR count). The Morgan fingerprint density at radius 3 is 1.04 bits per heavy atom. The third-order valence-corrected chi connectivity index (χ3v) is 9.26. The Morgan fingerprint density at radius 2 is 0.635 bits per heavy atom. The lowest BCUT2D eigenvalue weighted by Crippen LogP contribution is -2.15. The highest BCUT2D eigenvalue weighted by Gasteiger charge is 2.27. The molecule has 0 unspecified atom stereocenters. The van der Waals surface area contributed by atoms with Gasteiger partial charge in [-0.15, -0.1) is 0 Å². The topological polar surface area (TPSA) is 63.6 Å². The highest BCUT2D eigenvalue weighted by molar-refractivity contribution is 5.89. The zero-order valence-electron chi connectivity index (χ0n) is 27.8. The number of aromatic nitrogens is 3. The summed E-state index contributed by atoms with van der Waals surface area (Å²) in [6, 6.07) is 59.1. The van der Waals surface area contributed by atoms with Crippen LogP contribution in [-0.4, -0.2) is 15.0 Å². The van der Waals surface area contributed by atoms with Crippen LogP contribution in [0.25, 0.3) is 34.2 Å². The van der Waals surface area contributed by atoms with Crippen LogP contribution < -0.4 is 19.3 Å². The van der Waals surface area contributed by atoms with Crippen molar-refractivity contribution in [2.24, 2.45) is 0 Å². The average Bonchev–Trinajstić information content (AvgIpc) is 3.22. The van der Waals surface area contributed by atoms with E-state index in [0.29, 0.717) is 17.5 Å². The summed E-state index contributed by atoms with van der Waals surface area (Å²) in [7, 11) is 0. The van der Waals surface area contributed by atoms with Gasteiger partial charge < -0.3 is 19.3 Å². The molecule has 246 valence electrons. The van der Waals surface area contributed by atoms with Gasteiger partial charge in [-0.25, -0.2) is 15.0 Å². The Labute approximate surface area is 300 Å². The van der Waals surface area contributed by atoms with Crippen LogP contribution in [0.15, 0.2) is 176 Å². The van der Waals surface area contributed by atoms with E-state index < -0.39 is 0 Å². The first kappa shape index (κ1) is 29.6. The molecule has 0 amide bonds. The fourth-order valence-electron chi connectivity index (χ4n) is 6.88. The van der Waals surface area contributed by atoms with E-state index in [1.807, 2.05) is 127 Å². The van der Waals surface area contributed by atoms with E-state index in [4.69, 9.17) is 24.4 Å². The van der Waals surface area contributed by atoms with Gasteiger partial charge in [-0.2, -0.15) is 0 Å². The van der Waals surface area contributed by atoms with Gasteiger partial charge in [0.2, 0.25) is 0 Å². The summed E-state index contributed by atoms with van der Waals surface area (Å²) < 4.78 is 12.6. The molecule has 0 saturated heterocycles. The van der Waals surface area contributed by atoms with Crippen LogP contribution in [0.3, 0.4) is 0 Å². The van der Waals surface area contributed by atoms with Crippen LogP contribution in [0.1, 0.15) is 0 Å². The minimum absolute atomic E-state index is 0.577. The average molecular weight is 672 g/mol. The highest BCUT2D eigenvalue weighted by Crippen LogP contribution is 2.52. The number of rotatable bonds is 5. The van der Waals surface area contributed by atoms with Gasteiger partial charge in [0.1, 0.15) is 0 Å². The van der Waals surface area contributed by atoms with E-state index in [-0.39, 0.29) is 0 Å². The van der Waals surface area contributed by atoms with Gasteiger partial charge in [0.05, 0.1) is 22.7 Å². The number of hydrogen-bond donors (Lipinski definition) is 0. The number of nitrogens with zero attached hydrogens (tertiary/aromatic N) is 5. The number of hydrogen-bond acceptors (Lipinski definition) is 7. The summed E-state index contributed by atoms with van der Waals surface area (Å²) in [6.45, 7) is 0. The van der Waals surface area contributed by atoms with E-state index in [1.54, 1.807) is 0 Å². The van der Waals surface area contributed by atoms with Gasteiger partial charge in [-0.05, 0) is 72.8 Å². The predicted molar refractivity (Wildman–Crippen MR) is 206 cm³/mol. The third-order valence-electron chi connectivity index (χ3n) is 9.26. The van der Waals surface area contributed by atoms with E-state index in [2.05, 4.69) is 58.3 Å². The zero-order valence-corrected chi connectivity index (χ0v) is 27.8. The molecule has 3 heterocycles. The summed E-state index contributed by atoms with van der Waals surface area (Å²) in [5, 5.41) is 0. The maximum Gasteiger partial charge on any atom is 0.164 e. The van der Waals surface area contributed by atoms with E-state index in [0.717, 1.165) is 73.8 Å². The van der Waals surface area contributed by atoms with Gasteiger partial charge in [0, 0.05) is 28.1 Å². The number of ether oxygens (including phenoxy) is 2. The molecule has 52 heavy (non-hydrogen) atoms. The van der Waals surface area contributed by atoms with Crippen molar-refractivity contribution >= 4 is 34.1 Å². The normalized spacial score (nSPS) is 12.5. The molecule has 0 fully saturated rings. The van der Waals surface area contributed by atoms with Crippen molar-refractivity contribution < 1.29 is 9.47 Å². The third kappa shape index (κ3) is 5.11. The van der Waals surface area contributed by atoms with Crippen molar-refractivity contribution in [3.05, 3.63) is 176 Å². The monoisotopic (exact) mass is 671 g/mol. The number of fused-ring (bicyclic) bond motifs is 4. The number of para-hydroxylation sites is 8. The van der Waals surface area contributed by atoms with Crippen molar-refractivity contribution in [1.29, 1.82) is 0 Å². The van der Waals surface area contributed by atoms with Crippen molar-refractivity contribution in [1.82, 2.24) is 15.0 Å². The van der Waals surface area contributed by atoms with Crippen molar-refractivity contribution in [3.63, 3.8) is 0 Å². The van der Waals surface area contributed by atoms with Gasteiger partial charge in [0.25, 0.3) is 0 Å². The molecule has 1 aromatic heterocycles. The summed E-state index contributed by atoms with van der Waals surface area (Å²) in [4.78, 5) is 19.7. The van der Waals surface area contributed by atoms with Crippen LogP contribution in [0, 0.1) is 0 Å². The smallest absolute Gasteiger partial charge is 0.164 e. The molecule has 8 aromatic rings. The first-order chi connectivity index (χ1) is 25.8. The fourth-order valence-corrected chi connectivity index (χ4v) is 6.88. The molecule has 2 aliphatic heterocycles. The van der Waals surface area contributed by atoms with Crippen LogP contribution in [0.5, 0.6) is 23.0 Å². The van der Waals surface area contributed by atoms with Gasteiger partial charge >= 0.3 is 0 Å². The predicted octanol–water partition coefficient (Wildman–Crippen LogP) is 12.0. The second-order valence-corrected chi connectivity index (χ2v) is 12.5. The molecule has 0 aliphatic carbocycles. The Balaban J connectivity index is 1.11. The largest absolute Gasteiger partial charge is 0.453 e. The van der Waals surface area contributed by atoms with Crippen LogP contribution in [0.2, 0.25) is 0 Å². The molecule has 2 aliphatic rings. The molecule has 0 N–H and O–H groups in total. The standard InChI is InChI=1S/C45H29N5O2/c1-2-14-30(15-3-1)43-46-44(31-16-12-18-33(28-31)49-35-20-4-8-24-39(35)51-40-25-9-5-21-36(40)49)48-45(47-43)32-17-13-19-34(29-32)50-37-22-6-10-26-41(37)52-42-27-11-7-23-38(42)50/h1-29H. The lowest BCUT2D eigenvalue weighted by atomic mass is 10.1. The molecule has 0 spiro atoms. The van der Waals surface area contributed by atoms with Crippen molar-refractivity contribution in [3.8, 4) is 57.2 Å². The maximum absolute atomic E-state index is 6.28. The van der Waals surface area contributed by atoms with E-state index in [1.165, 1.54) is 0 Å². The summed E-state index contributed by atoms with van der Waals surface area (Å²) in [5.74, 6) is 4.94. The van der Waals surface area contributed by atoms with Gasteiger partial charge in [0.15, 0.2) is 40.5 Å². The zero-order chi connectivity index (χ0) is 34.4. The van der Waals surface area contributed by atoms with Gasteiger partial charge in [-0.3, -0.25) is 0 Å². The van der Waals surface area contributed by atoms with Crippen molar-refractivity contribution in [2.45, 2.75) is 0 Å². The minimum Gasteiger partial charge on any atom is -0.453 e. The molecule has 7 heteroatoms. The quantitative estimate of drug-likeness (QED) is 0.180. The Kier molecular flexibility index (Phi) is 6.99. The van der Waals surface area contributed by atoms with Crippen LogP contribution in [0.4, 0.5) is 34.1 Å². The molecule has 7 aromatic carbocycles. The molecule has 0 radical (unpaired) electrons. The SMILES string of the molecule is c1ccc(-c2nc(-c3cccc(N4c5ccccc5Oc5ccccc54)c3)nc(-c3cccc(N4c5ccccc5Oc5ccccc54)c3)n2)cc1. The Morgan fingerprint density at radius 1 is 0.308 bits per heavy atom. The molecule has 0 atom stereocenters. The highest BCUT2D eigenvalue weighted by atomic mass is 16.5. The summed E-state index contributed by atoms with van der Waals surface area (Å²) in [5.41, 5.74) is 8.42. The maximum atomic E-state index is 6.28. The molecule has 7 nitrogen and oxygen atoms in total. The number of anilines is 6. The minimum atomic E-state index is 0.577. The second kappa shape index (κ2) is 12.3. The first-order valence-corrected chi connectivity index (χ1v) is 17.1. The number of benzene rings is 7. The molecule has 0 bridgehead atoms. The fraction of sp³-hybridized carbons (Fsp3) is 0. The van der Waals surface area contributed by atoms with Gasteiger partial charge in [-0.1, -0.05) is 103 Å². The Hall–Kier alpha value is -7.25. The summed E-state index contributed by atoms with van der Waals surface area (Å²) in [6.07, 6.45) is 0. The van der Waals surface area contributed by atoms with Crippen LogP contribution >= 0.6 is 0 Å². The van der Waals surface area contributed by atoms with Crippen LogP contribution in [-0.2, 0) is 0 Å². The molecular weight excluding hydrogens is 643 g/mol. The second-order valence-electron chi connectivity index (χ2n) is 12.5. The van der Waals surface area contributed by atoms with E-state index in [9.17, 15) is 0 Å². The first-order valence-electron chi connectivity index (χ1n) is 17.1. The molecule has 0 saturated carbocycles. The van der Waals surface area contributed by atoms with E-state index >= 15 is 0 Å².